The molecule has 1 aliphatic rings. The van der Waals surface area contributed by atoms with E-state index in [1.165, 1.54) is 13.8 Å². The molecule has 116 valence electrons. The van der Waals surface area contributed by atoms with Gasteiger partial charge in [0, 0.05) is 5.57 Å². The first-order chi connectivity index (χ1) is 10.9. The van der Waals surface area contributed by atoms with Crippen LogP contribution in [0.5, 0.6) is 0 Å². The molecule has 2 atom stereocenters. The van der Waals surface area contributed by atoms with Gasteiger partial charge >= 0.3 is 0 Å². The largest absolute Gasteiger partial charge is 0.381 e. The van der Waals surface area contributed by atoms with Crippen LogP contribution in [-0.2, 0) is 9.59 Å². The molecule has 23 heavy (non-hydrogen) atoms. The first-order valence-electron chi connectivity index (χ1n) is 7.57. The number of carbonyl (C=O) groups excluding carboxylic acids is 2. The van der Waals surface area contributed by atoms with Crippen molar-refractivity contribution in [2.45, 2.75) is 19.4 Å². The summed E-state index contributed by atoms with van der Waals surface area (Å²) in [6.07, 6.45) is 0. The van der Waals surface area contributed by atoms with Crippen LogP contribution < -0.4 is 0 Å². The molecule has 1 aliphatic carbocycles. The van der Waals surface area contributed by atoms with E-state index in [2.05, 4.69) is 0 Å². The highest BCUT2D eigenvalue weighted by molar-refractivity contribution is 6.37. The Balaban J connectivity index is 2.33. The van der Waals surface area contributed by atoms with E-state index in [0.29, 0.717) is 11.1 Å². The third-order valence-corrected chi connectivity index (χ3v) is 4.36. The summed E-state index contributed by atoms with van der Waals surface area (Å²) in [5.74, 6) is -1.47. The van der Waals surface area contributed by atoms with Gasteiger partial charge in [0.15, 0.2) is 5.78 Å². The topological polar surface area (TPSA) is 54.4 Å². The van der Waals surface area contributed by atoms with Crippen LogP contribution in [0.3, 0.4) is 0 Å². The number of benzene rings is 2. The van der Waals surface area contributed by atoms with E-state index in [0.717, 1.165) is 11.1 Å². The van der Waals surface area contributed by atoms with Gasteiger partial charge in [-0.3, -0.25) is 9.59 Å². The van der Waals surface area contributed by atoms with Crippen molar-refractivity contribution >= 4 is 22.7 Å². The molecular formula is C20H18O3. The minimum atomic E-state index is -1.72. The summed E-state index contributed by atoms with van der Waals surface area (Å²) in [5.41, 5.74) is 0.835. The second-order valence-electron chi connectivity index (χ2n) is 6.04. The molecule has 3 rings (SSSR count). The molecule has 0 bridgehead atoms. The molecule has 0 saturated heterocycles. The van der Waals surface area contributed by atoms with Crippen LogP contribution in [0.1, 0.15) is 25.0 Å². The van der Waals surface area contributed by atoms with Gasteiger partial charge in [0.1, 0.15) is 11.4 Å². The van der Waals surface area contributed by atoms with E-state index in [4.69, 9.17) is 0 Å². The van der Waals surface area contributed by atoms with Crippen molar-refractivity contribution in [1.82, 2.24) is 0 Å². The summed E-state index contributed by atoms with van der Waals surface area (Å²) in [4.78, 5) is 25.1. The van der Waals surface area contributed by atoms with E-state index in [9.17, 15) is 14.7 Å². The first kappa shape index (κ1) is 15.4. The highest BCUT2D eigenvalue weighted by atomic mass is 16.3. The maximum Gasteiger partial charge on any atom is 0.196 e. The van der Waals surface area contributed by atoms with Crippen LogP contribution in [0, 0.1) is 5.92 Å². The first-order valence-corrected chi connectivity index (χ1v) is 7.57. The van der Waals surface area contributed by atoms with Crippen molar-refractivity contribution in [3.05, 3.63) is 71.8 Å². The summed E-state index contributed by atoms with van der Waals surface area (Å²) in [5, 5.41) is 10.7. The lowest BCUT2D eigenvalue weighted by Gasteiger charge is -2.24. The molecule has 2 unspecified atom stereocenters. The average Bonchev–Trinajstić information content (AvgIpc) is 2.76. The lowest BCUT2D eigenvalue weighted by Crippen LogP contribution is -2.41. The van der Waals surface area contributed by atoms with Gasteiger partial charge in [-0.05, 0) is 30.5 Å². The van der Waals surface area contributed by atoms with E-state index in [1.807, 2.05) is 60.7 Å². The number of ketones is 2. The van der Waals surface area contributed by atoms with Crippen LogP contribution in [-0.4, -0.2) is 22.3 Å². The molecule has 0 saturated carbocycles. The van der Waals surface area contributed by atoms with Crippen LogP contribution in [0.2, 0.25) is 0 Å². The van der Waals surface area contributed by atoms with E-state index >= 15 is 0 Å². The second kappa shape index (κ2) is 5.60. The highest BCUT2D eigenvalue weighted by Crippen LogP contribution is 2.47. The van der Waals surface area contributed by atoms with Crippen molar-refractivity contribution in [1.29, 1.82) is 0 Å². The van der Waals surface area contributed by atoms with E-state index in [1.54, 1.807) is 0 Å². The zero-order valence-electron chi connectivity index (χ0n) is 13.1. The zero-order chi connectivity index (χ0) is 16.6. The Morgan fingerprint density at radius 1 is 0.957 bits per heavy atom. The maximum atomic E-state index is 12.9. The van der Waals surface area contributed by atoms with E-state index < -0.39 is 17.3 Å². The average molecular weight is 306 g/mol. The van der Waals surface area contributed by atoms with Gasteiger partial charge < -0.3 is 5.11 Å². The maximum absolute atomic E-state index is 12.9. The van der Waals surface area contributed by atoms with Crippen molar-refractivity contribution in [2.75, 3.05) is 0 Å². The Kier molecular flexibility index (Phi) is 3.74. The summed E-state index contributed by atoms with van der Waals surface area (Å²) >= 11 is 0. The Morgan fingerprint density at radius 3 is 1.91 bits per heavy atom. The van der Waals surface area contributed by atoms with Gasteiger partial charge in [0.05, 0.1) is 5.92 Å². The fraction of sp³-hybridized carbons (Fsp3) is 0.200. The number of rotatable bonds is 3. The molecule has 0 aromatic heterocycles. The molecule has 0 aliphatic heterocycles. The van der Waals surface area contributed by atoms with Crippen molar-refractivity contribution in [2.24, 2.45) is 5.92 Å². The number of aliphatic hydroxyl groups is 1. The quantitative estimate of drug-likeness (QED) is 0.948. The molecule has 3 nitrogen and oxygen atoms in total. The third-order valence-electron chi connectivity index (χ3n) is 4.36. The molecule has 0 spiro atoms. The second-order valence-corrected chi connectivity index (χ2v) is 6.04. The Labute approximate surface area is 135 Å². The minimum absolute atomic E-state index is 0.215. The number of hydrogen-bond donors (Lipinski definition) is 1. The van der Waals surface area contributed by atoms with Crippen LogP contribution in [0.4, 0.5) is 0 Å². The molecule has 2 aromatic rings. The van der Waals surface area contributed by atoms with Crippen molar-refractivity contribution in [3.63, 3.8) is 0 Å². The summed E-state index contributed by atoms with van der Waals surface area (Å²) in [7, 11) is 0. The summed E-state index contributed by atoms with van der Waals surface area (Å²) in [6, 6.07) is 18.5. The van der Waals surface area contributed by atoms with Crippen molar-refractivity contribution < 1.29 is 14.7 Å². The number of carbonyl (C=O) groups is 2. The predicted molar refractivity (Wildman–Crippen MR) is 89.5 cm³/mol. The Bertz CT molecular complexity index is 786. The monoisotopic (exact) mass is 306 g/mol. The summed E-state index contributed by atoms with van der Waals surface area (Å²) in [6.45, 7) is 2.85. The van der Waals surface area contributed by atoms with Gasteiger partial charge in [-0.25, -0.2) is 0 Å². The lowest BCUT2D eigenvalue weighted by atomic mass is 9.82. The molecule has 1 N–H and O–H groups in total. The van der Waals surface area contributed by atoms with Crippen LogP contribution in [0.25, 0.3) is 11.1 Å². The van der Waals surface area contributed by atoms with Crippen LogP contribution in [0.15, 0.2) is 60.7 Å². The smallest absolute Gasteiger partial charge is 0.196 e. The SMILES string of the molecule is CC(=O)C1C(c2ccccc2)=C(c2ccccc2)C(=O)C1(C)O. The zero-order valence-corrected chi connectivity index (χ0v) is 13.1. The van der Waals surface area contributed by atoms with Gasteiger partial charge in [0.2, 0.25) is 0 Å². The molecule has 0 fully saturated rings. The van der Waals surface area contributed by atoms with Gasteiger partial charge in [-0.1, -0.05) is 60.7 Å². The number of hydrogen-bond acceptors (Lipinski definition) is 3. The van der Waals surface area contributed by atoms with Gasteiger partial charge in [-0.15, -0.1) is 0 Å². The summed E-state index contributed by atoms with van der Waals surface area (Å²) < 4.78 is 0. The van der Waals surface area contributed by atoms with Gasteiger partial charge in [0.25, 0.3) is 0 Å². The molecule has 3 heteroatoms. The Morgan fingerprint density at radius 2 is 1.43 bits per heavy atom. The standard InChI is InChI=1S/C20H18O3/c1-13(21)18-16(14-9-5-3-6-10-14)17(19(22)20(18,2)23)15-11-7-4-8-12-15/h3-12,18,23H,1-2H3. The molecule has 2 aromatic carbocycles. The molecular weight excluding hydrogens is 288 g/mol. The molecule has 0 heterocycles. The fourth-order valence-electron chi connectivity index (χ4n) is 3.35. The Hall–Kier alpha value is -2.52. The molecule has 0 amide bonds. The third kappa shape index (κ3) is 2.43. The predicted octanol–water partition coefficient (Wildman–Crippen LogP) is 3.14. The van der Waals surface area contributed by atoms with Crippen LogP contribution >= 0.6 is 0 Å². The molecule has 0 radical (unpaired) electrons. The van der Waals surface area contributed by atoms with E-state index in [-0.39, 0.29) is 5.78 Å². The lowest BCUT2D eigenvalue weighted by molar-refractivity contribution is -0.138. The fourth-order valence-corrected chi connectivity index (χ4v) is 3.35. The van der Waals surface area contributed by atoms with Crippen molar-refractivity contribution in [3.8, 4) is 0 Å². The minimum Gasteiger partial charge on any atom is -0.381 e. The normalized spacial score (nSPS) is 24.1. The van der Waals surface area contributed by atoms with Gasteiger partial charge in [-0.2, -0.15) is 0 Å². The number of Topliss-reactive ketones (excluding diaryl/α,β-unsaturated/α-hetero) is 2. The highest BCUT2D eigenvalue weighted by Gasteiger charge is 2.52.